The molecule has 2 aliphatic rings. The van der Waals surface area contributed by atoms with E-state index in [-0.39, 0.29) is 37.2 Å². The van der Waals surface area contributed by atoms with Crippen LogP contribution < -0.4 is 10.1 Å². The molecule has 1 saturated carbocycles. The first kappa shape index (κ1) is 30.0. The van der Waals surface area contributed by atoms with Crippen LogP contribution in [0.15, 0.2) is 43.1 Å². The van der Waals surface area contributed by atoms with Crippen molar-refractivity contribution in [1.82, 2.24) is 39.9 Å². The van der Waals surface area contributed by atoms with E-state index in [4.69, 9.17) is 4.74 Å². The highest BCUT2D eigenvalue weighted by atomic mass is 19.4. The Hall–Kier alpha value is -4.06. The number of halogens is 3. The van der Waals surface area contributed by atoms with Gasteiger partial charge in [0.1, 0.15) is 23.8 Å². The number of aliphatic hydroxyl groups excluding tert-OH is 1. The van der Waals surface area contributed by atoms with Crippen molar-refractivity contribution in [3.63, 3.8) is 0 Å². The van der Waals surface area contributed by atoms with E-state index in [1.54, 1.807) is 13.1 Å². The number of alkyl halides is 3. The van der Waals surface area contributed by atoms with Gasteiger partial charge in [0.2, 0.25) is 5.88 Å². The number of aliphatic hydroxyl groups is 1. The molecule has 14 heteroatoms. The van der Waals surface area contributed by atoms with E-state index in [9.17, 15) is 23.5 Å². The van der Waals surface area contributed by atoms with Crippen molar-refractivity contribution in [2.45, 2.75) is 75.5 Å². The first-order valence-corrected chi connectivity index (χ1v) is 14.7. The van der Waals surface area contributed by atoms with Crippen molar-refractivity contribution in [3.8, 4) is 23.2 Å². The number of hydrogen-bond acceptors (Lipinski definition) is 9. The van der Waals surface area contributed by atoms with Gasteiger partial charge in [0, 0.05) is 61.1 Å². The lowest BCUT2D eigenvalue weighted by molar-refractivity contribution is -0.141. The lowest BCUT2D eigenvalue weighted by atomic mass is 9.69. The molecule has 3 N–H and O–H groups in total. The summed E-state index contributed by atoms with van der Waals surface area (Å²) in [6, 6.07) is 6.82. The number of nitrogens with one attached hydrogen (secondary N) is 2. The zero-order valence-electron chi connectivity index (χ0n) is 24.3. The Bertz CT molecular complexity index is 1630. The standard InChI is InChI=1S/C30H34F3N9O2/c1-19(17-43)36-14-20-10-25(30(31,32)33)40-26(11-20)44-23-3-8-41(9-4-23)22-12-29(13-22,5-6-34)42-16-21(15-39-42)27-24-2-7-35-28(24)38-18-37-27/h2,7,10-11,15-16,18-19,22-23,36,43H,3-5,8-9,12-14,17H2,1H3,(H,35,37,38)/t19-,22?,29?/m0/s1. The SMILES string of the molecule is C[C@@H](CO)NCc1cc(OC2CCN(C3CC(CC#N)(n4cc(-c5ncnc6[nH]ccc56)cn4)C3)CC2)nc(C(F)(F)F)c1. The van der Waals surface area contributed by atoms with Crippen LogP contribution in [-0.2, 0) is 18.3 Å². The summed E-state index contributed by atoms with van der Waals surface area (Å²) < 4.78 is 48.5. The third-order valence-electron chi connectivity index (χ3n) is 8.70. The van der Waals surface area contributed by atoms with Gasteiger partial charge in [0.25, 0.3) is 0 Å². The zero-order valence-corrected chi connectivity index (χ0v) is 24.3. The van der Waals surface area contributed by atoms with E-state index in [0.717, 1.165) is 54.3 Å². The maximum Gasteiger partial charge on any atom is 0.433 e. The molecule has 1 aliphatic heterocycles. The Morgan fingerprint density at radius 1 is 1.25 bits per heavy atom. The lowest BCUT2D eigenvalue weighted by Crippen LogP contribution is -2.58. The minimum atomic E-state index is -4.60. The van der Waals surface area contributed by atoms with Gasteiger partial charge in [-0.1, -0.05) is 0 Å². The number of aromatic nitrogens is 6. The van der Waals surface area contributed by atoms with Gasteiger partial charge in [-0.05, 0) is 50.3 Å². The first-order valence-electron chi connectivity index (χ1n) is 14.7. The van der Waals surface area contributed by atoms with Crippen LogP contribution in [0.1, 0.15) is 50.3 Å². The van der Waals surface area contributed by atoms with Crippen LogP contribution >= 0.6 is 0 Å². The van der Waals surface area contributed by atoms with Crippen molar-refractivity contribution in [1.29, 1.82) is 5.26 Å². The van der Waals surface area contributed by atoms with Crippen LogP contribution in [0, 0.1) is 11.3 Å². The second-order valence-corrected chi connectivity index (χ2v) is 11.8. The number of ether oxygens (including phenoxy) is 1. The molecule has 0 amide bonds. The number of fused-ring (bicyclic) bond motifs is 1. The molecule has 232 valence electrons. The average Bonchev–Trinajstić information content (AvgIpc) is 3.68. The van der Waals surface area contributed by atoms with Crippen LogP contribution in [0.3, 0.4) is 0 Å². The van der Waals surface area contributed by atoms with Gasteiger partial charge in [0.15, 0.2) is 0 Å². The first-order chi connectivity index (χ1) is 21.2. The summed E-state index contributed by atoms with van der Waals surface area (Å²) in [6.45, 7) is 3.24. The van der Waals surface area contributed by atoms with E-state index >= 15 is 0 Å². The largest absolute Gasteiger partial charge is 0.474 e. The Morgan fingerprint density at radius 3 is 2.77 bits per heavy atom. The Morgan fingerprint density at radius 2 is 2.05 bits per heavy atom. The average molecular weight is 610 g/mol. The molecule has 0 aromatic carbocycles. The van der Waals surface area contributed by atoms with E-state index in [2.05, 4.69) is 41.3 Å². The quantitative estimate of drug-likeness (QED) is 0.243. The third kappa shape index (κ3) is 6.12. The lowest BCUT2D eigenvalue weighted by Gasteiger charge is -2.52. The highest BCUT2D eigenvalue weighted by molar-refractivity contribution is 5.90. The molecular formula is C30H34F3N9O2. The van der Waals surface area contributed by atoms with Gasteiger partial charge in [-0.25, -0.2) is 15.0 Å². The minimum absolute atomic E-state index is 0.0431. The maximum absolute atomic E-state index is 13.5. The summed E-state index contributed by atoms with van der Waals surface area (Å²) >= 11 is 0. The number of piperidine rings is 1. The number of pyridine rings is 1. The molecule has 1 atom stereocenters. The van der Waals surface area contributed by atoms with Crippen LogP contribution in [-0.4, -0.2) is 77.6 Å². The second-order valence-electron chi connectivity index (χ2n) is 11.8. The summed E-state index contributed by atoms with van der Waals surface area (Å²) in [6.07, 6.45) is 5.41. The summed E-state index contributed by atoms with van der Waals surface area (Å²) in [4.78, 5) is 17.9. The Balaban J connectivity index is 1.08. The molecule has 0 radical (unpaired) electrons. The number of nitrogens with zero attached hydrogens (tertiary/aromatic N) is 7. The molecule has 0 unspecified atom stereocenters. The van der Waals surface area contributed by atoms with E-state index in [1.807, 2.05) is 23.1 Å². The van der Waals surface area contributed by atoms with Gasteiger partial charge in [0.05, 0.1) is 36.5 Å². The Labute approximate surface area is 252 Å². The molecular weight excluding hydrogens is 575 g/mol. The number of hydrogen-bond donors (Lipinski definition) is 3. The number of likely N-dealkylation sites (tertiary alicyclic amines) is 1. The molecule has 5 heterocycles. The van der Waals surface area contributed by atoms with Gasteiger partial charge >= 0.3 is 6.18 Å². The fraction of sp³-hybridized carbons (Fsp3) is 0.500. The number of nitriles is 1. The number of rotatable bonds is 10. The van der Waals surface area contributed by atoms with Gasteiger partial charge in [-0.2, -0.15) is 23.5 Å². The summed E-state index contributed by atoms with van der Waals surface area (Å²) in [5.74, 6) is -0.0431. The summed E-state index contributed by atoms with van der Waals surface area (Å²) in [7, 11) is 0. The fourth-order valence-corrected chi connectivity index (χ4v) is 6.20. The fourth-order valence-electron chi connectivity index (χ4n) is 6.20. The molecule has 44 heavy (non-hydrogen) atoms. The number of aromatic amines is 1. The summed E-state index contributed by atoms with van der Waals surface area (Å²) in [5, 5.41) is 27.4. The molecule has 4 aromatic heterocycles. The number of H-pyrrole nitrogens is 1. The molecule has 1 aliphatic carbocycles. The van der Waals surface area contributed by atoms with E-state index < -0.39 is 17.4 Å². The third-order valence-corrected chi connectivity index (χ3v) is 8.70. The molecule has 2 fully saturated rings. The molecule has 0 spiro atoms. The molecule has 11 nitrogen and oxygen atoms in total. The molecule has 6 rings (SSSR count). The highest BCUT2D eigenvalue weighted by Gasteiger charge is 2.49. The van der Waals surface area contributed by atoms with Crippen molar-refractivity contribution in [3.05, 3.63) is 54.4 Å². The van der Waals surface area contributed by atoms with Gasteiger partial charge < -0.3 is 20.1 Å². The smallest absolute Gasteiger partial charge is 0.433 e. The normalized spacial score (nSPS) is 22.0. The van der Waals surface area contributed by atoms with Gasteiger partial charge in [-0.3, -0.25) is 9.58 Å². The zero-order chi connectivity index (χ0) is 30.9. The molecule has 0 bridgehead atoms. The molecule has 4 aromatic rings. The van der Waals surface area contributed by atoms with Crippen molar-refractivity contribution >= 4 is 11.0 Å². The van der Waals surface area contributed by atoms with Gasteiger partial charge in [-0.15, -0.1) is 0 Å². The van der Waals surface area contributed by atoms with Crippen molar-refractivity contribution in [2.24, 2.45) is 0 Å². The van der Waals surface area contributed by atoms with Crippen LogP contribution in [0.5, 0.6) is 5.88 Å². The monoisotopic (exact) mass is 609 g/mol. The van der Waals surface area contributed by atoms with E-state index in [0.29, 0.717) is 24.8 Å². The van der Waals surface area contributed by atoms with Crippen LogP contribution in [0.25, 0.3) is 22.3 Å². The predicted molar refractivity (Wildman–Crippen MR) is 154 cm³/mol. The Kier molecular flexibility index (Phi) is 8.28. The highest BCUT2D eigenvalue weighted by Crippen LogP contribution is 2.45. The molecule has 1 saturated heterocycles. The van der Waals surface area contributed by atoms with Crippen LogP contribution in [0.4, 0.5) is 13.2 Å². The topological polar surface area (TPSA) is 141 Å². The second kappa shape index (κ2) is 12.1. The van der Waals surface area contributed by atoms with Crippen LogP contribution in [0.2, 0.25) is 0 Å². The van der Waals surface area contributed by atoms with Crippen molar-refractivity contribution < 1.29 is 23.0 Å². The predicted octanol–water partition coefficient (Wildman–Crippen LogP) is 4.02. The van der Waals surface area contributed by atoms with Crippen molar-refractivity contribution in [2.75, 3.05) is 19.7 Å². The minimum Gasteiger partial charge on any atom is -0.474 e. The maximum atomic E-state index is 13.5. The summed E-state index contributed by atoms with van der Waals surface area (Å²) in [5.41, 5.74) is 1.38. The van der Waals surface area contributed by atoms with E-state index in [1.165, 1.54) is 12.4 Å².